The summed E-state index contributed by atoms with van der Waals surface area (Å²) < 4.78 is 18.3. The molecule has 0 heterocycles. The van der Waals surface area contributed by atoms with Crippen molar-refractivity contribution < 1.29 is 13.9 Å². The minimum Gasteiger partial charge on any atom is -0.494 e. The van der Waals surface area contributed by atoms with E-state index in [1.807, 2.05) is 0 Å². The number of amides is 1. The molecule has 100 valence electrons. The van der Waals surface area contributed by atoms with Crippen LogP contribution in [0.1, 0.15) is 25.7 Å². The zero-order valence-electron chi connectivity index (χ0n) is 9.92. The molecule has 0 bridgehead atoms. The monoisotopic (exact) mass is 274 g/mol. The molecule has 1 aromatic carbocycles. The smallest absolute Gasteiger partial charge is 0.233 e. The average molecular weight is 275 g/mol. The first-order valence-electron chi connectivity index (χ1n) is 5.71. The Morgan fingerprint density at radius 2 is 2.17 bits per heavy atom. The maximum absolute atomic E-state index is 12.9. The van der Waals surface area contributed by atoms with Gasteiger partial charge in [-0.1, -0.05) is 11.6 Å². The van der Waals surface area contributed by atoms with Crippen molar-refractivity contribution in [3.8, 4) is 5.75 Å². The van der Waals surface area contributed by atoms with E-state index >= 15 is 0 Å². The molecule has 0 saturated carbocycles. The van der Waals surface area contributed by atoms with E-state index in [-0.39, 0.29) is 10.9 Å². The number of nitrogens with one attached hydrogen (secondary N) is 1. The highest BCUT2D eigenvalue weighted by atomic mass is 35.5. The van der Waals surface area contributed by atoms with Crippen LogP contribution in [0.2, 0.25) is 5.02 Å². The number of rotatable bonds is 7. The molecule has 0 radical (unpaired) electrons. The van der Waals surface area contributed by atoms with Gasteiger partial charge in [0.2, 0.25) is 5.91 Å². The molecule has 1 rings (SSSR count). The third kappa shape index (κ3) is 5.33. The first kappa shape index (κ1) is 14.7. The van der Waals surface area contributed by atoms with Gasteiger partial charge in [-0.05, 0) is 31.4 Å². The van der Waals surface area contributed by atoms with Crippen LogP contribution >= 0.6 is 11.6 Å². The van der Waals surface area contributed by atoms with Crippen LogP contribution < -0.4 is 16.0 Å². The summed E-state index contributed by atoms with van der Waals surface area (Å²) in [5.41, 5.74) is 2.07. The maximum Gasteiger partial charge on any atom is 0.233 e. The van der Waals surface area contributed by atoms with E-state index in [0.717, 1.165) is 19.3 Å². The zero-order chi connectivity index (χ0) is 13.4. The van der Waals surface area contributed by atoms with Crippen LogP contribution in [0.4, 0.5) is 4.39 Å². The summed E-state index contributed by atoms with van der Waals surface area (Å²) in [5, 5.41) is 0.0483. The van der Waals surface area contributed by atoms with Crippen molar-refractivity contribution in [1.29, 1.82) is 0 Å². The molecule has 6 heteroatoms. The number of unbranched alkanes of at least 4 members (excludes halogenated alkanes) is 2. The van der Waals surface area contributed by atoms with Crippen LogP contribution in [0.15, 0.2) is 18.2 Å². The van der Waals surface area contributed by atoms with Crippen molar-refractivity contribution in [2.75, 3.05) is 6.61 Å². The van der Waals surface area contributed by atoms with Crippen molar-refractivity contribution in [3.05, 3.63) is 29.0 Å². The first-order chi connectivity index (χ1) is 8.63. The Labute approximate surface area is 110 Å². The number of hydrazine groups is 1. The number of benzene rings is 1. The third-order valence-electron chi connectivity index (χ3n) is 2.37. The summed E-state index contributed by atoms with van der Waals surface area (Å²) in [4.78, 5) is 10.8. The fourth-order valence-corrected chi connectivity index (χ4v) is 1.56. The standard InChI is InChI=1S/C12H16ClFN2O2/c13-10-8-9(5-6-11(10)14)18-7-3-1-2-4-12(17)16-15/h5-6,8H,1-4,7,15H2,(H,16,17). The molecule has 0 fully saturated rings. The van der Waals surface area contributed by atoms with Gasteiger partial charge in [-0.2, -0.15) is 0 Å². The lowest BCUT2D eigenvalue weighted by atomic mass is 10.2. The number of carbonyl (C=O) groups is 1. The van der Waals surface area contributed by atoms with Crippen molar-refractivity contribution >= 4 is 17.5 Å². The molecule has 0 aliphatic rings. The summed E-state index contributed by atoms with van der Waals surface area (Å²) in [7, 11) is 0. The van der Waals surface area contributed by atoms with Crippen molar-refractivity contribution in [1.82, 2.24) is 5.43 Å². The SMILES string of the molecule is NNC(=O)CCCCCOc1ccc(F)c(Cl)c1. The summed E-state index contributed by atoms with van der Waals surface area (Å²) in [6, 6.07) is 4.24. The molecule has 1 amide bonds. The Balaban J connectivity index is 2.14. The van der Waals surface area contributed by atoms with Crippen LogP contribution in [0.3, 0.4) is 0 Å². The molecule has 0 saturated heterocycles. The molecule has 0 aromatic heterocycles. The van der Waals surface area contributed by atoms with Crippen molar-refractivity contribution in [2.45, 2.75) is 25.7 Å². The van der Waals surface area contributed by atoms with Gasteiger partial charge in [-0.25, -0.2) is 10.2 Å². The van der Waals surface area contributed by atoms with Crippen LogP contribution in [0.5, 0.6) is 5.75 Å². The number of halogens is 2. The first-order valence-corrected chi connectivity index (χ1v) is 6.08. The van der Waals surface area contributed by atoms with Crippen LogP contribution in [0.25, 0.3) is 0 Å². The summed E-state index contributed by atoms with van der Waals surface area (Å²) in [6.45, 7) is 0.506. The number of ether oxygens (including phenoxy) is 1. The molecular formula is C12H16ClFN2O2. The number of hydrogen-bond donors (Lipinski definition) is 2. The molecule has 18 heavy (non-hydrogen) atoms. The van der Waals surface area contributed by atoms with Crippen molar-refractivity contribution in [3.63, 3.8) is 0 Å². The zero-order valence-corrected chi connectivity index (χ0v) is 10.7. The second-order valence-corrected chi connectivity index (χ2v) is 4.21. The fraction of sp³-hybridized carbons (Fsp3) is 0.417. The second kappa shape index (κ2) is 7.89. The molecule has 4 nitrogen and oxygen atoms in total. The topological polar surface area (TPSA) is 64.3 Å². The van der Waals surface area contributed by atoms with Gasteiger partial charge < -0.3 is 4.74 Å². The highest BCUT2D eigenvalue weighted by Gasteiger charge is 2.02. The van der Waals surface area contributed by atoms with Crippen molar-refractivity contribution in [2.24, 2.45) is 5.84 Å². The Hall–Kier alpha value is -1.33. The minimum absolute atomic E-state index is 0.0483. The van der Waals surface area contributed by atoms with E-state index < -0.39 is 5.82 Å². The highest BCUT2D eigenvalue weighted by molar-refractivity contribution is 6.30. The Morgan fingerprint density at radius 3 is 2.83 bits per heavy atom. The second-order valence-electron chi connectivity index (χ2n) is 3.80. The van der Waals surface area contributed by atoms with Gasteiger partial charge in [-0.3, -0.25) is 10.2 Å². The van der Waals surface area contributed by atoms with Gasteiger partial charge in [0.25, 0.3) is 0 Å². The predicted octanol–water partition coefficient (Wildman–Crippen LogP) is 2.41. The van der Waals surface area contributed by atoms with Crippen LogP contribution in [-0.2, 0) is 4.79 Å². The number of carbonyl (C=O) groups excluding carboxylic acids is 1. The van der Waals surface area contributed by atoms with Gasteiger partial charge >= 0.3 is 0 Å². The van der Waals surface area contributed by atoms with E-state index in [0.29, 0.717) is 18.8 Å². The van der Waals surface area contributed by atoms with E-state index in [4.69, 9.17) is 22.2 Å². The lowest BCUT2D eigenvalue weighted by Crippen LogP contribution is -2.29. The van der Waals surface area contributed by atoms with Gasteiger partial charge in [0, 0.05) is 12.5 Å². The van der Waals surface area contributed by atoms with Gasteiger partial charge in [0.15, 0.2) is 0 Å². The quantitative estimate of drug-likeness (QED) is 0.347. The predicted molar refractivity (Wildman–Crippen MR) is 67.7 cm³/mol. The fourth-order valence-electron chi connectivity index (χ4n) is 1.39. The maximum atomic E-state index is 12.9. The highest BCUT2D eigenvalue weighted by Crippen LogP contribution is 2.21. The van der Waals surface area contributed by atoms with Crippen LogP contribution in [0, 0.1) is 5.82 Å². The minimum atomic E-state index is -0.461. The molecule has 0 aliphatic heterocycles. The lowest BCUT2D eigenvalue weighted by molar-refractivity contribution is -0.121. The summed E-state index contributed by atoms with van der Waals surface area (Å²) in [5.74, 6) is 4.86. The third-order valence-corrected chi connectivity index (χ3v) is 2.66. The molecule has 0 aliphatic carbocycles. The molecule has 0 unspecified atom stereocenters. The summed E-state index contributed by atoms with van der Waals surface area (Å²) in [6.07, 6.45) is 2.85. The van der Waals surface area contributed by atoms with E-state index in [2.05, 4.69) is 5.43 Å². The van der Waals surface area contributed by atoms with Gasteiger partial charge in [0.05, 0.1) is 11.6 Å². The van der Waals surface area contributed by atoms with Gasteiger partial charge in [-0.15, -0.1) is 0 Å². The van der Waals surface area contributed by atoms with E-state index in [9.17, 15) is 9.18 Å². The molecule has 3 N–H and O–H groups in total. The van der Waals surface area contributed by atoms with Crippen LogP contribution in [-0.4, -0.2) is 12.5 Å². The summed E-state index contributed by atoms with van der Waals surface area (Å²) >= 11 is 5.62. The Bertz CT molecular complexity index is 402. The lowest BCUT2D eigenvalue weighted by Gasteiger charge is -2.06. The molecule has 0 spiro atoms. The Kier molecular flexibility index (Phi) is 6.46. The average Bonchev–Trinajstić information content (AvgIpc) is 2.37. The number of nitrogens with two attached hydrogens (primary N) is 1. The van der Waals surface area contributed by atoms with E-state index in [1.165, 1.54) is 18.2 Å². The molecular weight excluding hydrogens is 259 g/mol. The Morgan fingerprint density at radius 1 is 1.39 bits per heavy atom. The largest absolute Gasteiger partial charge is 0.494 e. The molecule has 0 atom stereocenters. The van der Waals surface area contributed by atoms with E-state index in [1.54, 1.807) is 0 Å². The normalized spacial score (nSPS) is 10.2. The molecule has 1 aromatic rings. The van der Waals surface area contributed by atoms with Gasteiger partial charge in [0.1, 0.15) is 11.6 Å². The number of hydrogen-bond acceptors (Lipinski definition) is 3.